The molecule has 0 spiro atoms. The van der Waals surface area contributed by atoms with Gasteiger partial charge in [-0.3, -0.25) is 5.32 Å². The van der Waals surface area contributed by atoms with E-state index in [9.17, 15) is 4.79 Å². The van der Waals surface area contributed by atoms with E-state index in [1.54, 1.807) is 43.5 Å². The van der Waals surface area contributed by atoms with Crippen molar-refractivity contribution in [2.45, 2.75) is 38.3 Å². The molecule has 37 heavy (non-hydrogen) atoms. The number of carbonyl (C=O) groups excluding carboxylic acids is 1. The monoisotopic (exact) mass is 519 g/mol. The van der Waals surface area contributed by atoms with Crippen molar-refractivity contribution in [3.05, 3.63) is 71.9 Å². The van der Waals surface area contributed by atoms with Crippen LogP contribution < -0.4 is 10.6 Å². The highest BCUT2D eigenvalue weighted by molar-refractivity contribution is 7.00. The van der Waals surface area contributed by atoms with Crippen LogP contribution in [0.1, 0.15) is 32.3 Å². The Morgan fingerprint density at radius 3 is 2.78 bits per heavy atom. The number of hydrogen-bond acceptors (Lipinski definition) is 6. The smallest absolute Gasteiger partial charge is 0.412 e. The number of benzene rings is 3. The van der Waals surface area contributed by atoms with Crippen LogP contribution >= 0.6 is 11.7 Å². The first-order valence-corrected chi connectivity index (χ1v) is 12.5. The number of hydrogen-bond donors (Lipinski definition) is 3. The van der Waals surface area contributed by atoms with Crippen molar-refractivity contribution in [1.82, 2.24) is 13.7 Å². The second kappa shape index (κ2) is 8.52. The van der Waals surface area contributed by atoms with Crippen molar-refractivity contribution in [2.24, 2.45) is 0 Å². The molecule has 3 aromatic carbocycles. The predicted octanol–water partition coefficient (Wildman–Crippen LogP) is 7.04. The summed E-state index contributed by atoms with van der Waals surface area (Å²) in [6.07, 6.45) is 0.274. The SMILES string of the molecule is C[C@H]1c2c(cc(F)c(-c3cccc4cc[nH]c34)c2F)NC(C)(C)C1OC(=O)Nc1cccc2nsnc12. The summed E-state index contributed by atoms with van der Waals surface area (Å²) < 4.78 is 45.8. The molecular weight excluding hydrogens is 496 g/mol. The summed E-state index contributed by atoms with van der Waals surface area (Å²) in [7, 11) is 0. The average molecular weight is 520 g/mol. The first-order valence-electron chi connectivity index (χ1n) is 11.8. The number of aromatic amines is 1. The molecule has 6 rings (SSSR count). The molecule has 2 aromatic heterocycles. The lowest BCUT2D eigenvalue weighted by atomic mass is 9.77. The van der Waals surface area contributed by atoms with Gasteiger partial charge in [0.1, 0.15) is 28.8 Å². The number of para-hydroxylation sites is 1. The maximum atomic E-state index is 16.2. The molecule has 0 fully saturated rings. The first-order chi connectivity index (χ1) is 17.7. The number of nitrogens with zero attached hydrogens (tertiary/aromatic N) is 2. The Kier molecular flexibility index (Phi) is 5.38. The van der Waals surface area contributed by atoms with E-state index in [0.29, 0.717) is 33.5 Å². The standard InChI is InChI=1S/C27H23F2N5O2S/c1-13-20-19(12-16(28)21(22(20)29)15-7-4-6-14-10-11-30-23(14)15)32-27(2,3)25(13)36-26(35)31-17-8-5-9-18-24(17)34-37-33-18/h4-13,25,30,32H,1-3H3,(H,31,35)/t13-,25?/m0/s1. The van der Waals surface area contributed by atoms with Gasteiger partial charge in [-0.1, -0.05) is 31.2 Å². The van der Waals surface area contributed by atoms with E-state index in [2.05, 4.69) is 24.4 Å². The van der Waals surface area contributed by atoms with Crippen LogP contribution in [0.2, 0.25) is 0 Å². The van der Waals surface area contributed by atoms with Gasteiger partial charge in [0, 0.05) is 28.9 Å². The predicted molar refractivity (Wildman–Crippen MR) is 141 cm³/mol. The maximum Gasteiger partial charge on any atom is 0.412 e. The topological polar surface area (TPSA) is 91.9 Å². The number of ether oxygens (including phenoxy) is 1. The lowest BCUT2D eigenvalue weighted by Crippen LogP contribution is -2.52. The molecule has 0 bridgehead atoms. The summed E-state index contributed by atoms with van der Waals surface area (Å²) in [4.78, 5) is 16.1. The second-order valence-corrected chi connectivity index (χ2v) is 10.3. The third-order valence-corrected chi connectivity index (χ3v) is 7.49. The lowest BCUT2D eigenvalue weighted by molar-refractivity contribution is 0.0561. The summed E-state index contributed by atoms with van der Waals surface area (Å²) >= 11 is 1.05. The molecule has 0 aliphatic carbocycles. The summed E-state index contributed by atoms with van der Waals surface area (Å²) in [5.74, 6) is -1.92. The van der Waals surface area contributed by atoms with Crippen LogP contribution in [0.15, 0.2) is 54.7 Å². The Balaban J connectivity index is 1.36. The molecule has 1 aliphatic rings. The van der Waals surface area contributed by atoms with Gasteiger partial charge in [0.05, 0.1) is 34.0 Å². The molecule has 188 valence electrons. The molecular formula is C27H23F2N5O2S. The summed E-state index contributed by atoms with van der Waals surface area (Å²) in [5, 5.41) is 6.78. The molecule has 0 saturated carbocycles. The Morgan fingerprint density at radius 1 is 1.14 bits per heavy atom. The van der Waals surface area contributed by atoms with Crippen LogP contribution in [0.25, 0.3) is 33.1 Å². The normalized spacial score (nSPS) is 18.4. The van der Waals surface area contributed by atoms with Crippen LogP contribution in [-0.4, -0.2) is 31.5 Å². The van der Waals surface area contributed by atoms with Gasteiger partial charge < -0.3 is 15.0 Å². The highest BCUT2D eigenvalue weighted by Gasteiger charge is 2.45. The highest BCUT2D eigenvalue weighted by Crippen LogP contribution is 2.46. The van der Waals surface area contributed by atoms with E-state index in [0.717, 1.165) is 17.1 Å². The molecule has 2 atom stereocenters. The molecule has 5 aromatic rings. The van der Waals surface area contributed by atoms with Crippen LogP contribution in [-0.2, 0) is 4.74 Å². The average Bonchev–Trinajstić information content (AvgIpc) is 3.51. The third kappa shape index (κ3) is 3.79. The quantitative estimate of drug-likeness (QED) is 0.238. The van der Waals surface area contributed by atoms with Gasteiger partial charge in [-0.15, -0.1) is 0 Å². The van der Waals surface area contributed by atoms with Crippen LogP contribution in [0.3, 0.4) is 0 Å². The number of halogens is 2. The fourth-order valence-electron chi connectivity index (χ4n) is 5.33. The van der Waals surface area contributed by atoms with Gasteiger partial charge in [0.25, 0.3) is 0 Å². The first kappa shape index (κ1) is 23.4. The Labute approximate surface area is 215 Å². The number of carbonyl (C=O) groups is 1. The van der Waals surface area contributed by atoms with Gasteiger partial charge in [-0.2, -0.15) is 8.75 Å². The Bertz CT molecular complexity index is 1680. The van der Waals surface area contributed by atoms with E-state index in [-0.39, 0.29) is 11.1 Å². The Morgan fingerprint density at radius 2 is 1.95 bits per heavy atom. The molecule has 1 unspecified atom stereocenters. The van der Waals surface area contributed by atoms with Crippen LogP contribution in [0.4, 0.5) is 25.0 Å². The van der Waals surface area contributed by atoms with Crippen LogP contribution in [0, 0.1) is 11.6 Å². The number of nitrogens with one attached hydrogen (secondary N) is 3. The van der Waals surface area contributed by atoms with Gasteiger partial charge in [0.2, 0.25) is 0 Å². The van der Waals surface area contributed by atoms with Crippen molar-refractivity contribution in [3.63, 3.8) is 0 Å². The zero-order valence-corrected chi connectivity index (χ0v) is 21.0. The summed E-state index contributed by atoms with van der Waals surface area (Å²) in [5.41, 5.74) is 2.46. The van der Waals surface area contributed by atoms with Crippen molar-refractivity contribution in [3.8, 4) is 11.1 Å². The van der Waals surface area contributed by atoms with Gasteiger partial charge in [-0.25, -0.2) is 13.6 Å². The molecule has 3 N–H and O–H groups in total. The number of amides is 1. The summed E-state index contributed by atoms with van der Waals surface area (Å²) in [6, 6.07) is 13.8. The zero-order chi connectivity index (χ0) is 25.9. The number of anilines is 2. The molecule has 3 heterocycles. The number of fused-ring (bicyclic) bond motifs is 3. The second-order valence-electron chi connectivity index (χ2n) is 9.78. The van der Waals surface area contributed by atoms with Crippen molar-refractivity contribution in [2.75, 3.05) is 10.6 Å². The van der Waals surface area contributed by atoms with Gasteiger partial charge in [-0.05, 0) is 43.5 Å². The number of aromatic nitrogens is 3. The van der Waals surface area contributed by atoms with E-state index in [1.165, 1.54) is 6.07 Å². The van der Waals surface area contributed by atoms with Gasteiger partial charge in [0.15, 0.2) is 0 Å². The van der Waals surface area contributed by atoms with Crippen LogP contribution in [0.5, 0.6) is 0 Å². The van der Waals surface area contributed by atoms with E-state index in [1.807, 2.05) is 26.0 Å². The zero-order valence-electron chi connectivity index (χ0n) is 20.2. The van der Waals surface area contributed by atoms with E-state index < -0.39 is 35.3 Å². The molecule has 1 amide bonds. The summed E-state index contributed by atoms with van der Waals surface area (Å²) in [6.45, 7) is 5.45. The number of H-pyrrole nitrogens is 1. The molecule has 0 radical (unpaired) electrons. The third-order valence-electron chi connectivity index (χ3n) is 6.95. The lowest BCUT2D eigenvalue weighted by Gasteiger charge is -2.44. The fourth-order valence-corrected chi connectivity index (χ4v) is 5.88. The number of rotatable bonds is 3. The van der Waals surface area contributed by atoms with Crippen molar-refractivity contribution < 1.29 is 18.3 Å². The highest BCUT2D eigenvalue weighted by atomic mass is 32.1. The minimum atomic E-state index is -0.808. The van der Waals surface area contributed by atoms with Crippen molar-refractivity contribution >= 4 is 51.1 Å². The van der Waals surface area contributed by atoms with E-state index in [4.69, 9.17) is 4.74 Å². The van der Waals surface area contributed by atoms with E-state index >= 15 is 8.78 Å². The maximum absolute atomic E-state index is 16.2. The molecule has 10 heteroatoms. The minimum absolute atomic E-state index is 0.119. The molecule has 0 saturated heterocycles. The molecule has 1 aliphatic heterocycles. The largest absolute Gasteiger partial charge is 0.443 e. The van der Waals surface area contributed by atoms with Gasteiger partial charge >= 0.3 is 6.09 Å². The minimum Gasteiger partial charge on any atom is -0.443 e. The molecule has 7 nitrogen and oxygen atoms in total. The Hall–Kier alpha value is -4.05. The fraction of sp³-hybridized carbons (Fsp3) is 0.222. The van der Waals surface area contributed by atoms with Crippen molar-refractivity contribution in [1.29, 1.82) is 0 Å².